The average Bonchev–Trinajstić information content (AvgIpc) is 2.27. The Labute approximate surface area is 127 Å². The Balaban J connectivity index is 2.47. The number of nitrogens with zero attached hydrogens (tertiary/aromatic N) is 2. The molecule has 3 heteroatoms. The van der Waals surface area contributed by atoms with Crippen molar-refractivity contribution in [2.75, 3.05) is 34.2 Å². The minimum absolute atomic E-state index is 0.214. The fraction of sp³-hybridized carbons (Fsp3) is 1.00. The molecule has 0 aromatic heterocycles. The maximum absolute atomic E-state index is 3.63. The average molecular weight is 284 g/mol. The number of hydrogen-bond donors (Lipinski definition) is 1. The van der Waals surface area contributed by atoms with Crippen LogP contribution in [-0.4, -0.2) is 61.2 Å². The molecule has 20 heavy (non-hydrogen) atoms. The smallest absolute Gasteiger partial charge is 0.0330 e. The van der Waals surface area contributed by atoms with Crippen molar-refractivity contribution in [2.24, 2.45) is 5.92 Å². The van der Waals surface area contributed by atoms with Gasteiger partial charge in [-0.3, -0.25) is 0 Å². The van der Waals surface area contributed by atoms with E-state index in [1.54, 1.807) is 0 Å². The van der Waals surface area contributed by atoms with Crippen LogP contribution in [0.5, 0.6) is 0 Å². The molecule has 0 saturated heterocycles. The lowest BCUT2D eigenvalue weighted by Crippen LogP contribution is -2.58. The normalized spacial score (nSPS) is 21.9. The van der Waals surface area contributed by atoms with E-state index in [0.29, 0.717) is 17.5 Å². The van der Waals surface area contributed by atoms with Gasteiger partial charge in [-0.2, -0.15) is 0 Å². The predicted molar refractivity (Wildman–Crippen MR) is 89.3 cm³/mol. The van der Waals surface area contributed by atoms with Crippen molar-refractivity contribution >= 4 is 0 Å². The Bertz CT molecular complexity index is 289. The monoisotopic (exact) mass is 283 g/mol. The van der Waals surface area contributed by atoms with Gasteiger partial charge in [0.2, 0.25) is 0 Å². The van der Waals surface area contributed by atoms with E-state index in [9.17, 15) is 0 Å². The van der Waals surface area contributed by atoms with Gasteiger partial charge in [-0.25, -0.2) is 0 Å². The summed E-state index contributed by atoms with van der Waals surface area (Å²) in [5, 5.41) is 3.63. The van der Waals surface area contributed by atoms with Crippen LogP contribution in [-0.2, 0) is 0 Å². The van der Waals surface area contributed by atoms with E-state index in [1.807, 2.05) is 0 Å². The maximum atomic E-state index is 3.63. The maximum Gasteiger partial charge on any atom is 0.0330 e. The first-order valence-corrected chi connectivity index (χ1v) is 8.20. The second-order valence-electron chi connectivity index (χ2n) is 8.24. The molecule has 0 heterocycles. The van der Waals surface area contributed by atoms with Gasteiger partial charge < -0.3 is 15.1 Å². The molecule has 1 rings (SSSR count). The highest BCUT2D eigenvalue weighted by Crippen LogP contribution is 2.37. The highest BCUT2D eigenvalue weighted by atomic mass is 15.2. The van der Waals surface area contributed by atoms with Crippen molar-refractivity contribution in [1.29, 1.82) is 0 Å². The Morgan fingerprint density at radius 2 is 1.65 bits per heavy atom. The zero-order valence-electron chi connectivity index (χ0n) is 15.1. The molecule has 0 bridgehead atoms. The molecule has 3 nitrogen and oxygen atoms in total. The zero-order valence-corrected chi connectivity index (χ0v) is 15.1. The van der Waals surface area contributed by atoms with Crippen molar-refractivity contribution in [3.05, 3.63) is 0 Å². The topological polar surface area (TPSA) is 18.5 Å². The van der Waals surface area contributed by atoms with Gasteiger partial charge >= 0.3 is 0 Å². The third kappa shape index (κ3) is 4.71. The van der Waals surface area contributed by atoms with E-state index in [-0.39, 0.29) is 5.54 Å². The molecule has 1 fully saturated rings. The van der Waals surface area contributed by atoms with E-state index in [4.69, 9.17) is 0 Å². The molecule has 0 radical (unpaired) electrons. The fourth-order valence-electron chi connectivity index (χ4n) is 3.01. The van der Waals surface area contributed by atoms with Gasteiger partial charge in [-0.15, -0.1) is 0 Å². The van der Waals surface area contributed by atoms with Crippen LogP contribution in [0.25, 0.3) is 0 Å². The molecular formula is C17H37N3. The summed E-state index contributed by atoms with van der Waals surface area (Å²) < 4.78 is 0. The summed E-state index contributed by atoms with van der Waals surface area (Å²) in [6.07, 6.45) is 4.10. The second-order valence-corrected chi connectivity index (χ2v) is 8.24. The second kappa shape index (κ2) is 6.76. The molecule has 1 saturated carbocycles. The van der Waals surface area contributed by atoms with Crippen LogP contribution in [0.15, 0.2) is 0 Å². The molecule has 1 N–H and O–H groups in total. The largest absolute Gasteiger partial charge is 0.312 e. The summed E-state index contributed by atoms with van der Waals surface area (Å²) >= 11 is 0. The van der Waals surface area contributed by atoms with E-state index >= 15 is 0 Å². The minimum Gasteiger partial charge on any atom is -0.312 e. The van der Waals surface area contributed by atoms with E-state index < -0.39 is 0 Å². The molecular weight excluding hydrogens is 246 g/mol. The highest BCUT2D eigenvalue weighted by Gasteiger charge is 2.40. The molecule has 1 aliphatic rings. The van der Waals surface area contributed by atoms with E-state index in [1.165, 1.54) is 25.8 Å². The van der Waals surface area contributed by atoms with Crippen LogP contribution in [0.2, 0.25) is 0 Å². The first-order chi connectivity index (χ1) is 9.07. The van der Waals surface area contributed by atoms with Crippen molar-refractivity contribution < 1.29 is 0 Å². The first kappa shape index (κ1) is 17.9. The molecule has 0 spiro atoms. The van der Waals surface area contributed by atoms with Gasteiger partial charge in [0.05, 0.1) is 0 Å². The summed E-state index contributed by atoms with van der Waals surface area (Å²) in [5.74, 6) is 0.665. The Kier molecular flexibility index (Phi) is 6.06. The molecule has 120 valence electrons. The van der Waals surface area contributed by atoms with Crippen molar-refractivity contribution in [2.45, 2.75) is 71.0 Å². The molecule has 1 aliphatic carbocycles. The lowest BCUT2D eigenvalue weighted by atomic mass is 9.75. The zero-order chi connectivity index (χ0) is 15.6. The van der Waals surface area contributed by atoms with Crippen LogP contribution < -0.4 is 5.32 Å². The highest BCUT2D eigenvalue weighted by molar-refractivity contribution is 4.98. The Morgan fingerprint density at radius 1 is 1.10 bits per heavy atom. The van der Waals surface area contributed by atoms with Gasteiger partial charge in [-0.05, 0) is 80.6 Å². The van der Waals surface area contributed by atoms with Gasteiger partial charge in [0.25, 0.3) is 0 Å². The van der Waals surface area contributed by atoms with Gasteiger partial charge in [0, 0.05) is 23.7 Å². The van der Waals surface area contributed by atoms with Gasteiger partial charge in [0.1, 0.15) is 0 Å². The first-order valence-electron chi connectivity index (χ1n) is 8.20. The molecule has 0 aromatic rings. The van der Waals surface area contributed by atoms with Crippen LogP contribution in [0, 0.1) is 5.92 Å². The van der Waals surface area contributed by atoms with Gasteiger partial charge in [-0.1, -0.05) is 6.92 Å². The van der Waals surface area contributed by atoms with Gasteiger partial charge in [0.15, 0.2) is 0 Å². The fourth-order valence-corrected chi connectivity index (χ4v) is 3.01. The molecule has 0 amide bonds. The SMILES string of the molecule is CC(CNC(C)(C)C)C(C)N(C)CC1(N(C)C)CCC1. The van der Waals surface area contributed by atoms with E-state index in [0.717, 1.165) is 6.54 Å². The predicted octanol–water partition coefficient (Wildman–Crippen LogP) is 2.82. The third-order valence-electron chi connectivity index (χ3n) is 5.25. The number of likely N-dealkylation sites (N-methyl/N-ethyl adjacent to an activating group) is 2. The summed E-state index contributed by atoms with van der Waals surface area (Å²) in [7, 11) is 6.77. The standard InChI is InChI=1S/C17H37N3/c1-14(12-18-16(3,4)5)15(2)20(8)13-17(19(6)7)10-9-11-17/h14-15,18H,9-13H2,1-8H3. The van der Waals surface area contributed by atoms with E-state index in [2.05, 4.69) is 70.9 Å². The third-order valence-corrected chi connectivity index (χ3v) is 5.25. The number of rotatable bonds is 7. The Morgan fingerprint density at radius 3 is 2.00 bits per heavy atom. The summed E-state index contributed by atoms with van der Waals surface area (Å²) in [4.78, 5) is 5.01. The van der Waals surface area contributed by atoms with Crippen LogP contribution in [0.1, 0.15) is 53.9 Å². The lowest BCUT2D eigenvalue weighted by Gasteiger charge is -2.50. The van der Waals surface area contributed by atoms with Crippen LogP contribution in [0.3, 0.4) is 0 Å². The number of hydrogen-bond acceptors (Lipinski definition) is 3. The summed E-state index contributed by atoms with van der Waals surface area (Å²) in [5.41, 5.74) is 0.644. The minimum atomic E-state index is 0.214. The van der Waals surface area contributed by atoms with Crippen LogP contribution >= 0.6 is 0 Å². The van der Waals surface area contributed by atoms with Crippen molar-refractivity contribution in [3.63, 3.8) is 0 Å². The van der Waals surface area contributed by atoms with Crippen molar-refractivity contribution in [1.82, 2.24) is 15.1 Å². The molecule has 0 aromatic carbocycles. The molecule has 2 unspecified atom stereocenters. The molecule has 0 aliphatic heterocycles. The molecule has 2 atom stereocenters. The summed E-state index contributed by atoms with van der Waals surface area (Å²) in [6, 6.07) is 0.613. The summed E-state index contributed by atoms with van der Waals surface area (Å²) in [6.45, 7) is 13.7. The van der Waals surface area contributed by atoms with Crippen molar-refractivity contribution in [3.8, 4) is 0 Å². The number of nitrogens with one attached hydrogen (secondary N) is 1. The quantitative estimate of drug-likeness (QED) is 0.775. The van der Waals surface area contributed by atoms with Crippen LogP contribution in [0.4, 0.5) is 0 Å². The lowest BCUT2D eigenvalue weighted by molar-refractivity contribution is 0.0112. The Hall–Kier alpha value is -0.120.